The van der Waals surface area contributed by atoms with Gasteiger partial charge in [-0.2, -0.15) is 0 Å². The zero-order valence-corrected chi connectivity index (χ0v) is 19.8. The Morgan fingerprint density at radius 3 is 1.73 bits per heavy atom. The molecule has 0 radical (unpaired) electrons. The predicted octanol–water partition coefficient (Wildman–Crippen LogP) is 4.62. The lowest BCUT2D eigenvalue weighted by Gasteiger charge is -2.28. The number of carbonyl (C=O) groups excluding carboxylic acids is 4. The third-order valence-electron chi connectivity index (χ3n) is 6.32. The third-order valence-corrected chi connectivity index (χ3v) is 6.32. The molecule has 1 heterocycles. The van der Waals surface area contributed by atoms with Gasteiger partial charge >= 0.3 is 6.03 Å². The van der Waals surface area contributed by atoms with Crippen LogP contribution in [0.2, 0.25) is 0 Å². The van der Waals surface area contributed by atoms with Crippen molar-refractivity contribution >= 4 is 29.3 Å². The fourth-order valence-electron chi connectivity index (χ4n) is 4.42. The van der Waals surface area contributed by atoms with E-state index in [0.717, 1.165) is 4.90 Å². The zero-order chi connectivity index (χ0) is 25.8. The molecule has 5 rings (SSSR count). The van der Waals surface area contributed by atoms with Crippen molar-refractivity contribution in [3.05, 3.63) is 138 Å². The van der Waals surface area contributed by atoms with E-state index in [-0.39, 0.29) is 5.91 Å². The number of hydrogen-bond donors (Lipinski definition) is 2. The van der Waals surface area contributed by atoms with E-state index < -0.39 is 29.8 Å². The maximum Gasteiger partial charge on any atom is 0.325 e. The number of Topliss-reactive ketones (excluding diaryl/α,β-unsaturated/α-hetero) is 1. The fourth-order valence-corrected chi connectivity index (χ4v) is 4.42. The normalized spacial score (nSPS) is 14.2. The molecular formula is C30H23N3O4. The summed E-state index contributed by atoms with van der Waals surface area (Å²) in [4.78, 5) is 53.2. The molecule has 1 saturated heterocycles. The summed E-state index contributed by atoms with van der Waals surface area (Å²) in [5.74, 6) is -1.19. The van der Waals surface area contributed by atoms with Crippen molar-refractivity contribution in [2.45, 2.75) is 5.54 Å². The molecule has 37 heavy (non-hydrogen) atoms. The van der Waals surface area contributed by atoms with Crippen molar-refractivity contribution in [1.82, 2.24) is 10.2 Å². The van der Waals surface area contributed by atoms with Gasteiger partial charge in [0.2, 0.25) is 0 Å². The van der Waals surface area contributed by atoms with Crippen LogP contribution in [0.25, 0.3) is 0 Å². The molecule has 182 valence electrons. The molecule has 0 atom stereocenters. The first-order valence-corrected chi connectivity index (χ1v) is 11.7. The first-order valence-electron chi connectivity index (χ1n) is 11.7. The number of nitrogens with one attached hydrogen (secondary N) is 2. The van der Waals surface area contributed by atoms with Gasteiger partial charge in [-0.25, -0.2) is 4.79 Å². The smallest absolute Gasteiger partial charge is 0.322 e. The van der Waals surface area contributed by atoms with Gasteiger partial charge in [0.1, 0.15) is 0 Å². The quantitative estimate of drug-likeness (QED) is 0.293. The van der Waals surface area contributed by atoms with E-state index in [4.69, 9.17) is 0 Å². The number of amides is 4. The Hall–Kier alpha value is -5.04. The first kappa shape index (κ1) is 23.7. The highest BCUT2D eigenvalue weighted by Gasteiger charge is 2.54. The number of rotatable bonds is 7. The summed E-state index contributed by atoms with van der Waals surface area (Å²) in [7, 11) is 0. The number of carbonyl (C=O) groups is 4. The number of urea groups is 1. The number of imide groups is 1. The maximum atomic E-state index is 13.8. The molecule has 1 fully saturated rings. The number of ketones is 1. The Kier molecular flexibility index (Phi) is 6.34. The summed E-state index contributed by atoms with van der Waals surface area (Å²) in [5, 5.41) is 5.62. The lowest BCUT2D eigenvalue weighted by Crippen LogP contribution is -2.45. The van der Waals surface area contributed by atoms with Gasteiger partial charge in [0.05, 0.1) is 6.54 Å². The van der Waals surface area contributed by atoms with E-state index in [9.17, 15) is 19.2 Å². The van der Waals surface area contributed by atoms with Crippen LogP contribution in [0.4, 0.5) is 10.5 Å². The Morgan fingerprint density at radius 1 is 0.676 bits per heavy atom. The lowest BCUT2D eigenvalue weighted by atomic mass is 9.82. The standard InChI is InChI=1S/C30H23N3O4/c34-26(21-16-18-25(19-17-21)31-27(35)22-10-4-1-5-11-22)20-33-28(36)30(32-29(33)37,23-12-6-2-7-13-23)24-14-8-3-9-15-24/h1-19H,20H2,(H,31,35)(H,32,37). The lowest BCUT2D eigenvalue weighted by molar-refractivity contribution is -0.129. The van der Waals surface area contributed by atoms with Crippen LogP contribution in [0.1, 0.15) is 31.8 Å². The van der Waals surface area contributed by atoms with Crippen LogP contribution in [0.3, 0.4) is 0 Å². The average Bonchev–Trinajstić information content (AvgIpc) is 3.20. The van der Waals surface area contributed by atoms with Gasteiger partial charge in [-0.15, -0.1) is 0 Å². The van der Waals surface area contributed by atoms with Crippen LogP contribution in [0.15, 0.2) is 115 Å². The molecule has 4 aromatic rings. The minimum atomic E-state index is -1.43. The molecule has 1 aliphatic heterocycles. The highest BCUT2D eigenvalue weighted by Crippen LogP contribution is 2.36. The van der Waals surface area contributed by atoms with Crippen molar-refractivity contribution < 1.29 is 19.2 Å². The molecule has 4 amide bonds. The summed E-state index contributed by atoms with van der Waals surface area (Å²) in [5.41, 5.74) is 1.14. The Balaban J connectivity index is 1.35. The highest BCUT2D eigenvalue weighted by atomic mass is 16.2. The molecule has 0 bridgehead atoms. The van der Waals surface area contributed by atoms with Gasteiger partial charge in [0.15, 0.2) is 11.3 Å². The maximum absolute atomic E-state index is 13.8. The Bertz CT molecular complexity index is 1410. The fraction of sp³-hybridized carbons (Fsp3) is 0.0667. The number of anilines is 1. The highest BCUT2D eigenvalue weighted by molar-refractivity contribution is 6.13. The van der Waals surface area contributed by atoms with Gasteiger partial charge < -0.3 is 10.6 Å². The Labute approximate surface area is 213 Å². The van der Waals surface area contributed by atoms with Crippen molar-refractivity contribution in [3.63, 3.8) is 0 Å². The summed E-state index contributed by atoms with van der Waals surface area (Å²) in [6.07, 6.45) is 0. The largest absolute Gasteiger partial charge is 0.325 e. The second-order valence-electron chi connectivity index (χ2n) is 8.62. The van der Waals surface area contributed by atoms with Crippen LogP contribution in [0, 0.1) is 0 Å². The van der Waals surface area contributed by atoms with Gasteiger partial charge in [-0.05, 0) is 47.5 Å². The molecule has 7 nitrogen and oxygen atoms in total. The molecule has 0 unspecified atom stereocenters. The van der Waals surface area contributed by atoms with Gasteiger partial charge in [-0.3, -0.25) is 19.3 Å². The molecule has 0 aromatic heterocycles. The summed E-state index contributed by atoms with van der Waals surface area (Å²) in [6.45, 7) is -0.415. The number of benzene rings is 4. The summed E-state index contributed by atoms with van der Waals surface area (Å²) < 4.78 is 0. The van der Waals surface area contributed by atoms with E-state index in [2.05, 4.69) is 10.6 Å². The summed E-state index contributed by atoms with van der Waals surface area (Å²) >= 11 is 0. The van der Waals surface area contributed by atoms with Crippen LogP contribution < -0.4 is 10.6 Å². The van der Waals surface area contributed by atoms with E-state index in [1.54, 1.807) is 97.1 Å². The van der Waals surface area contributed by atoms with Crippen LogP contribution >= 0.6 is 0 Å². The molecule has 0 spiro atoms. The number of nitrogens with zero attached hydrogens (tertiary/aromatic N) is 1. The SMILES string of the molecule is O=C(CN1C(=O)NC(c2ccccc2)(c2ccccc2)C1=O)c1ccc(NC(=O)c2ccccc2)cc1. The van der Waals surface area contributed by atoms with E-state index in [0.29, 0.717) is 27.9 Å². The van der Waals surface area contributed by atoms with Gasteiger partial charge in [-0.1, -0.05) is 78.9 Å². The topological polar surface area (TPSA) is 95.6 Å². The summed E-state index contributed by atoms with van der Waals surface area (Å²) in [6, 6.07) is 32.4. The second-order valence-corrected chi connectivity index (χ2v) is 8.62. The average molecular weight is 490 g/mol. The van der Waals surface area contributed by atoms with E-state index in [1.165, 1.54) is 0 Å². The minimum absolute atomic E-state index is 0.267. The van der Waals surface area contributed by atoms with Crippen LogP contribution in [-0.4, -0.2) is 35.1 Å². The molecule has 7 heteroatoms. The zero-order valence-electron chi connectivity index (χ0n) is 19.8. The molecular weight excluding hydrogens is 466 g/mol. The molecule has 1 aliphatic rings. The third kappa shape index (κ3) is 4.50. The van der Waals surface area contributed by atoms with Crippen LogP contribution in [0.5, 0.6) is 0 Å². The van der Waals surface area contributed by atoms with Gasteiger partial charge in [0.25, 0.3) is 11.8 Å². The monoisotopic (exact) mass is 489 g/mol. The predicted molar refractivity (Wildman–Crippen MR) is 139 cm³/mol. The van der Waals surface area contributed by atoms with Crippen molar-refractivity contribution in [2.24, 2.45) is 0 Å². The number of hydrogen-bond acceptors (Lipinski definition) is 4. The second kappa shape index (κ2) is 9.91. The van der Waals surface area contributed by atoms with E-state index >= 15 is 0 Å². The van der Waals surface area contributed by atoms with Crippen LogP contribution in [-0.2, 0) is 10.3 Å². The Morgan fingerprint density at radius 2 is 1.19 bits per heavy atom. The minimum Gasteiger partial charge on any atom is -0.322 e. The molecule has 2 N–H and O–H groups in total. The van der Waals surface area contributed by atoms with Crippen molar-refractivity contribution in [1.29, 1.82) is 0 Å². The van der Waals surface area contributed by atoms with Crippen molar-refractivity contribution in [2.75, 3.05) is 11.9 Å². The van der Waals surface area contributed by atoms with E-state index in [1.807, 2.05) is 18.2 Å². The van der Waals surface area contributed by atoms with Crippen molar-refractivity contribution in [3.8, 4) is 0 Å². The first-order chi connectivity index (χ1) is 18.0. The van der Waals surface area contributed by atoms with Gasteiger partial charge in [0, 0.05) is 16.8 Å². The molecule has 0 aliphatic carbocycles. The molecule has 0 saturated carbocycles. The molecule has 4 aromatic carbocycles.